The van der Waals surface area contributed by atoms with Crippen molar-refractivity contribution in [2.75, 3.05) is 4.90 Å². The fraction of sp³-hybridized carbons (Fsp3) is 0.245. The number of nitrogens with zero attached hydrogens (tertiary/aromatic N) is 2. The molecule has 272 valence electrons. The molecular formula is C53H50N2. The van der Waals surface area contributed by atoms with Crippen LogP contribution >= 0.6 is 0 Å². The molecule has 0 aliphatic heterocycles. The Bertz CT molecular complexity index is 2610. The van der Waals surface area contributed by atoms with E-state index in [0.717, 1.165) is 29.9 Å². The summed E-state index contributed by atoms with van der Waals surface area (Å²) in [6.07, 6.45) is 8.22. The van der Waals surface area contributed by atoms with Crippen LogP contribution in [0.4, 0.5) is 17.1 Å². The highest BCUT2D eigenvalue weighted by Gasteiger charge is 2.36. The molecule has 2 saturated carbocycles. The summed E-state index contributed by atoms with van der Waals surface area (Å²) in [5.41, 5.74) is 12.8. The molecule has 2 aliphatic carbocycles. The topological polar surface area (TPSA) is 8.17 Å². The van der Waals surface area contributed by atoms with Gasteiger partial charge in [0.1, 0.15) is 0 Å². The van der Waals surface area contributed by atoms with Crippen molar-refractivity contribution in [1.29, 1.82) is 0 Å². The van der Waals surface area contributed by atoms with Crippen LogP contribution in [0.3, 0.4) is 0 Å². The third-order valence-electron chi connectivity index (χ3n) is 13.3. The van der Waals surface area contributed by atoms with E-state index in [4.69, 9.17) is 0 Å². The molecule has 2 nitrogen and oxygen atoms in total. The Labute approximate surface area is 326 Å². The van der Waals surface area contributed by atoms with Crippen molar-refractivity contribution in [3.63, 3.8) is 0 Å². The number of benzene rings is 7. The summed E-state index contributed by atoms with van der Waals surface area (Å²) in [6.45, 7) is 7.15. The van der Waals surface area contributed by atoms with Gasteiger partial charge in [-0.05, 0) is 133 Å². The minimum absolute atomic E-state index is 0.124. The normalized spacial score (nSPS) is 18.3. The first-order chi connectivity index (χ1) is 26.9. The van der Waals surface area contributed by atoms with Gasteiger partial charge < -0.3 is 9.47 Å². The standard InChI is InChI=1S/C53H50N2/c1-36-13-4-9-19-48(36)53(2,3)49-30-29-44(35-41(49)34-39-32-37-23-24-38(31-37)33-39)54(50-22-12-15-40-14-5-6-16-45(40)50)42-25-27-43(28-26-42)55-51-20-10-7-17-46(51)47-18-8-11-21-52(47)55/h4-22,25-30,35,37-39H,23-24,31-34H2,1-3H3/t37-,38+,39?. The number of aromatic nitrogens is 1. The van der Waals surface area contributed by atoms with Gasteiger partial charge in [0.05, 0.1) is 16.7 Å². The van der Waals surface area contributed by atoms with E-state index < -0.39 is 0 Å². The zero-order chi connectivity index (χ0) is 37.1. The van der Waals surface area contributed by atoms with Gasteiger partial charge in [0.15, 0.2) is 0 Å². The van der Waals surface area contributed by atoms with Gasteiger partial charge in [0, 0.05) is 38.6 Å². The van der Waals surface area contributed by atoms with E-state index in [1.54, 1.807) is 0 Å². The van der Waals surface area contributed by atoms with Crippen molar-refractivity contribution in [2.45, 2.75) is 64.7 Å². The minimum atomic E-state index is -0.124. The molecule has 0 saturated heterocycles. The third kappa shape index (κ3) is 5.94. The molecule has 1 heterocycles. The first-order valence-electron chi connectivity index (χ1n) is 20.5. The molecule has 2 fully saturated rings. The van der Waals surface area contributed by atoms with E-state index in [1.165, 1.54) is 104 Å². The lowest BCUT2D eigenvalue weighted by molar-refractivity contribution is 0.259. The SMILES string of the molecule is Cc1ccccc1C(C)(C)c1ccc(N(c2ccc(-n3c4ccccc4c4ccccc43)cc2)c2cccc3ccccc23)cc1CC1C[C@H]2CC[C@@H](C1)C2. The first kappa shape index (κ1) is 33.9. The van der Waals surface area contributed by atoms with Crippen LogP contribution in [0.25, 0.3) is 38.3 Å². The van der Waals surface area contributed by atoms with Crippen molar-refractivity contribution in [3.05, 3.63) is 180 Å². The Morgan fingerprint density at radius 3 is 1.87 bits per heavy atom. The van der Waals surface area contributed by atoms with Crippen LogP contribution in [-0.2, 0) is 11.8 Å². The summed E-state index contributed by atoms with van der Waals surface area (Å²) >= 11 is 0. The van der Waals surface area contributed by atoms with E-state index in [9.17, 15) is 0 Å². The number of rotatable bonds is 8. The molecule has 0 spiro atoms. The van der Waals surface area contributed by atoms with E-state index in [2.05, 4.69) is 188 Å². The van der Waals surface area contributed by atoms with Crippen molar-refractivity contribution in [1.82, 2.24) is 4.57 Å². The molecule has 10 rings (SSSR count). The number of hydrogen-bond acceptors (Lipinski definition) is 1. The molecule has 0 radical (unpaired) electrons. The largest absolute Gasteiger partial charge is 0.310 e. The van der Waals surface area contributed by atoms with Gasteiger partial charge in [0.25, 0.3) is 0 Å². The molecule has 7 aromatic carbocycles. The quantitative estimate of drug-likeness (QED) is 0.152. The molecule has 0 N–H and O–H groups in total. The summed E-state index contributed by atoms with van der Waals surface area (Å²) in [5.74, 6) is 2.57. The van der Waals surface area contributed by atoms with Gasteiger partial charge in [0.2, 0.25) is 0 Å². The Kier molecular flexibility index (Phi) is 8.39. The number of para-hydroxylation sites is 2. The van der Waals surface area contributed by atoms with Crippen LogP contribution in [-0.4, -0.2) is 4.57 Å². The minimum Gasteiger partial charge on any atom is -0.310 e. The zero-order valence-corrected chi connectivity index (χ0v) is 32.4. The number of anilines is 3. The molecular weight excluding hydrogens is 665 g/mol. The molecule has 2 bridgehead atoms. The Balaban J connectivity index is 1.13. The van der Waals surface area contributed by atoms with Gasteiger partial charge in [-0.25, -0.2) is 0 Å². The second kappa shape index (κ2) is 13.6. The fourth-order valence-corrected chi connectivity index (χ4v) is 10.8. The van der Waals surface area contributed by atoms with Crippen LogP contribution < -0.4 is 4.90 Å². The van der Waals surface area contributed by atoms with Gasteiger partial charge in [-0.3, -0.25) is 0 Å². The molecule has 0 amide bonds. The van der Waals surface area contributed by atoms with E-state index in [0.29, 0.717) is 0 Å². The van der Waals surface area contributed by atoms with E-state index in [-0.39, 0.29) is 5.41 Å². The second-order valence-electron chi connectivity index (χ2n) is 17.1. The summed E-state index contributed by atoms with van der Waals surface area (Å²) in [4.78, 5) is 2.51. The summed E-state index contributed by atoms with van der Waals surface area (Å²) < 4.78 is 2.41. The summed E-state index contributed by atoms with van der Waals surface area (Å²) in [6, 6.07) is 58.8. The van der Waals surface area contributed by atoms with Gasteiger partial charge in [-0.15, -0.1) is 0 Å². The predicted molar refractivity (Wildman–Crippen MR) is 234 cm³/mol. The van der Waals surface area contributed by atoms with Crippen LogP contribution in [0.5, 0.6) is 0 Å². The van der Waals surface area contributed by atoms with Gasteiger partial charge >= 0.3 is 0 Å². The average molecular weight is 715 g/mol. The highest BCUT2D eigenvalue weighted by molar-refractivity contribution is 6.09. The third-order valence-corrected chi connectivity index (χ3v) is 13.3. The Morgan fingerprint density at radius 1 is 0.564 bits per heavy atom. The molecule has 1 unspecified atom stereocenters. The Hall–Kier alpha value is -5.60. The predicted octanol–water partition coefficient (Wildman–Crippen LogP) is 14.4. The van der Waals surface area contributed by atoms with Crippen molar-refractivity contribution >= 4 is 49.6 Å². The summed E-state index contributed by atoms with van der Waals surface area (Å²) in [5, 5.41) is 5.08. The Morgan fingerprint density at radius 2 is 1.16 bits per heavy atom. The maximum Gasteiger partial charge on any atom is 0.0541 e. The summed E-state index contributed by atoms with van der Waals surface area (Å²) in [7, 11) is 0. The van der Waals surface area contributed by atoms with Crippen LogP contribution in [0.2, 0.25) is 0 Å². The van der Waals surface area contributed by atoms with Gasteiger partial charge in [-0.1, -0.05) is 130 Å². The van der Waals surface area contributed by atoms with Crippen molar-refractivity contribution < 1.29 is 0 Å². The van der Waals surface area contributed by atoms with Gasteiger partial charge in [-0.2, -0.15) is 0 Å². The van der Waals surface area contributed by atoms with E-state index in [1.807, 2.05) is 0 Å². The maximum absolute atomic E-state index is 2.56. The number of hydrogen-bond donors (Lipinski definition) is 0. The van der Waals surface area contributed by atoms with Crippen LogP contribution in [0, 0.1) is 24.7 Å². The molecule has 2 aliphatic rings. The first-order valence-corrected chi connectivity index (χ1v) is 20.5. The number of fused-ring (bicyclic) bond motifs is 6. The van der Waals surface area contributed by atoms with E-state index >= 15 is 0 Å². The average Bonchev–Trinajstić information content (AvgIpc) is 3.74. The van der Waals surface area contributed by atoms with Crippen LogP contribution in [0.1, 0.15) is 68.2 Å². The lowest BCUT2D eigenvalue weighted by Gasteiger charge is -2.34. The lowest BCUT2D eigenvalue weighted by Crippen LogP contribution is -2.25. The highest BCUT2D eigenvalue weighted by Crippen LogP contribution is 2.48. The van der Waals surface area contributed by atoms with Crippen molar-refractivity contribution in [2.24, 2.45) is 17.8 Å². The molecule has 3 atom stereocenters. The molecule has 2 heteroatoms. The highest BCUT2D eigenvalue weighted by atomic mass is 15.1. The van der Waals surface area contributed by atoms with Crippen molar-refractivity contribution in [3.8, 4) is 5.69 Å². The molecule has 55 heavy (non-hydrogen) atoms. The van der Waals surface area contributed by atoms with Crippen LogP contribution in [0.15, 0.2) is 158 Å². The lowest BCUT2D eigenvalue weighted by atomic mass is 9.71. The second-order valence-corrected chi connectivity index (χ2v) is 17.1. The zero-order valence-electron chi connectivity index (χ0n) is 32.4. The smallest absolute Gasteiger partial charge is 0.0541 e. The molecule has 8 aromatic rings. The molecule has 1 aromatic heterocycles. The monoisotopic (exact) mass is 714 g/mol. The maximum atomic E-state index is 2.56. The fourth-order valence-electron chi connectivity index (χ4n) is 10.8. The number of aryl methyl sites for hydroxylation is 1.